The van der Waals surface area contributed by atoms with Gasteiger partial charge in [0.15, 0.2) is 0 Å². The van der Waals surface area contributed by atoms with Crippen molar-refractivity contribution in [2.45, 2.75) is 38.8 Å². The maximum absolute atomic E-state index is 12.2. The summed E-state index contributed by atoms with van der Waals surface area (Å²) in [6, 6.07) is -0.727. The molecular weight excluding hydrogens is 290 g/mol. The van der Waals surface area contributed by atoms with Crippen LogP contribution in [0.4, 0.5) is 0 Å². The van der Waals surface area contributed by atoms with Gasteiger partial charge in [-0.2, -0.15) is 0 Å². The highest BCUT2D eigenvalue weighted by Gasteiger charge is 2.33. The van der Waals surface area contributed by atoms with Crippen LogP contribution in [-0.2, 0) is 14.8 Å². The Bertz CT molecular complexity index is 402. The molecule has 1 aliphatic heterocycles. The summed E-state index contributed by atoms with van der Waals surface area (Å²) in [5.74, 6) is 0.167. The van der Waals surface area contributed by atoms with E-state index in [2.05, 4.69) is 11.6 Å². The maximum atomic E-state index is 12.2. The molecule has 6 nitrogen and oxygen atoms in total. The van der Waals surface area contributed by atoms with Crippen molar-refractivity contribution in [1.82, 2.24) is 9.62 Å². The largest absolute Gasteiger partial charge is 0.337 e. The molecule has 3 N–H and O–H groups in total. The van der Waals surface area contributed by atoms with E-state index < -0.39 is 16.1 Å². The van der Waals surface area contributed by atoms with E-state index in [-0.39, 0.29) is 24.4 Å². The molecular formula is C11H24ClN3O3S. The number of sulfonamides is 1. The molecule has 0 radical (unpaired) electrons. The molecule has 0 aromatic carbocycles. The fourth-order valence-corrected chi connectivity index (χ4v) is 3.25. The first-order chi connectivity index (χ1) is 8.26. The van der Waals surface area contributed by atoms with E-state index in [0.29, 0.717) is 19.0 Å². The number of halogens is 1. The van der Waals surface area contributed by atoms with Crippen LogP contribution in [0.5, 0.6) is 0 Å². The Morgan fingerprint density at radius 2 is 2.11 bits per heavy atom. The number of carbonyl (C=O) groups is 1. The third kappa shape index (κ3) is 5.25. The first-order valence-corrected chi connectivity index (χ1v) is 8.13. The Balaban J connectivity index is 0.00000324. The van der Waals surface area contributed by atoms with E-state index in [1.54, 1.807) is 11.8 Å². The highest BCUT2D eigenvalue weighted by atomic mass is 35.5. The Morgan fingerprint density at radius 1 is 1.53 bits per heavy atom. The molecule has 1 amide bonds. The third-order valence-corrected chi connectivity index (χ3v) is 4.18. The van der Waals surface area contributed by atoms with Gasteiger partial charge in [-0.15, -0.1) is 12.4 Å². The van der Waals surface area contributed by atoms with Crippen LogP contribution in [0.1, 0.15) is 26.7 Å². The second kappa shape index (κ2) is 7.42. The number of nitrogens with one attached hydrogen (secondary N) is 1. The number of likely N-dealkylation sites (tertiary alicyclic amines) is 1. The fourth-order valence-electron chi connectivity index (χ4n) is 2.50. The average molecular weight is 314 g/mol. The predicted molar refractivity (Wildman–Crippen MR) is 77.6 cm³/mol. The Kier molecular flexibility index (Phi) is 7.28. The van der Waals surface area contributed by atoms with Crippen molar-refractivity contribution in [3.8, 4) is 0 Å². The number of rotatable bonds is 4. The summed E-state index contributed by atoms with van der Waals surface area (Å²) in [6.07, 6.45) is 3.05. The van der Waals surface area contributed by atoms with Gasteiger partial charge in [-0.25, -0.2) is 13.1 Å². The van der Waals surface area contributed by atoms with Crippen LogP contribution in [0.3, 0.4) is 0 Å². The Hall–Kier alpha value is -0.370. The van der Waals surface area contributed by atoms with Crippen LogP contribution in [0, 0.1) is 5.92 Å². The average Bonchev–Trinajstić information content (AvgIpc) is 2.25. The monoisotopic (exact) mass is 313 g/mol. The molecule has 114 valence electrons. The van der Waals surface area contributed by atoms with Crippen LogP contribution in [0.15, 0.2) is 0 Å². The minimum Gasteiger partial charge on any atom is -0.337 e. The van der Waals surface area contributed by atoms with E-state index in [1.807, 2.05) is 0 Å². The van der Waals surface area contributed by atoms with Gasteiger partial charge in [0.2, 0.25) is 15.9 Å². The zero-order valence-electron chi connectivity index (χ0n) is 11.6. The topological polar surface area (TPSA) is 92.5 Å². The van der Waals surface area contributed by atoms with Crippen LogP contribution >= 0.6 is 12.4 Å². The van der Waals surface area contributed by atoms with Gasteiger partial charge in [0.05, 0.1) is 12.3 Å². The molecule has 19 heavy (non-hydrogen) atoms. The van der Waals surface area contributed by atoms with Crippen LogP contribution in [-0.4, -0.2) is 50.7 Å². The lowest BCUT2D eigenvalue weighted by atomic mass is 9.90. The normalized spacial score (nSPS) is 25.6. The third-order valence-electron chi connectivity index (χ3n) is 3.40. The van der Waals surface area contributed by atoms with Gasteiger partial charge in [0.1, 0.15) is 0 Å². The highest BCUT2D eigenvalue weighted by molar-refractivity contribution is 7.88. The van der Waals surface area contributed by atoms with E-state index in [4.69, 9.17) is 5.73 Å². The number of hydrogen-bond donors (Lipinski definition) is 2. The van der Waals surface area contributed by atoms with E-state index >= 15 is 0 Å². The first-order valence-electron chi connectivity index (χ1n) is 6.24. The molecule has 1 aliphatic rings. The molecule has 0 bridgehead atoms. The SMILES string of the molecule is CC(NS(C)(=O)=O)C(=O)N1CCCC(C)C1CN.Cl. The minimum absolute atomic E-state index is 0. The van der Waals surface area contributed by atoms with Gasteiger partial charge in [0, 0.05) is 19.1 Å². The number of amides is 1. The number of piperidine rings is 1. The van der Waals surface area contributed by atoms with Gasteiger partial charge in [-0.05, 0) is 25.7 Å². The standard InChI is InChI=1S/C11H23N3O3S.ClH/c1-8-5-4-6-14(10(8)7-12)11(15)9(2)13-18(3,16)17;/h8-10,13H,4-7,12H2,1-3H3;1H. The number of carbonyl (C=O) groups excluding carboxylic acids is 1. The molecule has 1 fully saturated rings. The van der Waals surface area contributed by atoms with Crippen LogP contribution in [0.25, 0.3) is 0 Å². The van der Waals surface area contributed by atoms with Crippen molar-refractivity contribution >= 4 is 28.3 Å². The predicted octanol–water partition coefficient (Wildman–Crippen LogP) is -0.0683. The lowest BCUT2D eigenvalue weighted by Gasteiger charge is -2.40. The maximum Gasteiger partial charge on any atom is 0.240 e. The molecule has 3 atom stereocenters. The second-order valence-corrected chi connectivity index (χ2v) is 6.85. The van der Waals surface area contributed by atoms with E-state index in [1.165, 1.54) is 0 Å². The van der Waals surface area contributed by atoms with Crippen LogP contribution < -0.4 is 10.5 Å². The number of nitrogens with two attached hydrogens (primary N) is 1. The summed E-state index contributed by atoms with van der Waals surface area (Å²) >= 11 is 0. The zero-order valence-corrected chi connectivity index (χ0v) is 13.3. The van der Waals surface area contributed by atoms with Crippen molar-refractivity contribution < 1.29 is 13.2 Å². The molecule has 1 saturated heterocycles. The van der Waals surface area contributed by atoms with E-state index in [9.17, 15) is 13.2 Å². The molecule has 3 unspecified atom stereocenters. The quantitative estimate of drug-likeness (QED) is 0.760. The van der Waals surface area contributed by atoms with Crippen molar-refractivity contribution in [2.24, 2.45) is 11.7 Å². The van der Waals surface area contributed by atoms with Crippen LogP contribution in [0.2, 0.25) is 0 Å². The molecule has 8 heteroatoms. The summed E-state index contributed by atoms with van der Waals surface area (Å²) in [5.41, 5.74) is 5.72. The lowest BCUT2D eigenvalue weighted by molar-refractivity contribution is -0.137. The van der Waals surface area contributed by atoms with Gasteiger partial charge < -0.3 is 10.6 Å². The fraction of sp³-hybridized carbons (Fsp3) is 0.909. The summed E-state index contributed by atoms with van der Waals surface area (Å²) < 4.78 is 24.6. The van der Waals surface area contributed by atoms with E-state index in [0.717, 1.165) is 19.1 Å². The molecule has 1 rings (SSSR count). The Morgan fingerprint density at radius 3 is 2.58 bits per heavy atom. The summed E-state index contributed by atoms with van der Waals surface area (Å²) in [5, 5.41) is 0. The zero-order chi connectivity index (χ0) is 13.9. The second-order valence-electron chi connectivity index (χ2n) is 5.07. The summed E-state index contributed by atoms with van der Waals surface area (Å²) in [4.78, 5) is 14.0. The molecule has 0 spiro atoms. The summed E-state index contributed by atoms with van der Waals surface area (Å²) in [6.45, 7) is 4.71. The molecule has 1 heterocycles. The van der Waals surface area contributed by atoms with Crippen molar-refractivity contribution in [3.63, 3.8) is 0 Å². The molecule has 0 aromatic rings. The van der Waals surface area contributed by atoms with Gasteiger partial charge in [0.25, 0.3) is 0 Å². The highest BCUT2D eigenvalue weighted by Crippen LogP contribution is 2.23. The molecule has 0 saturated carbocycles. The van der Waals surface area contributed by atoms with Gasteiger partial charge in [-0.1, -0.05) is 6.92 Å². The summed E-state index contributed by atoms with van der Waals surface area (Å²) in [7, 11) is -3.37. The molecule has 0 aliphatic carbocycles. The smallest absolute Gasteiger partial charge is 0.240 e. The molecule has 0 aromatic heterocycles. The Labute approximate surface area is 121 Å². The number of hydrogen-bond acceptors (Lipinski definition) is 4. The minimum atomic E-state index is -3.37. The van der Waals surface area contributed by atoms with Crippen molar-refractivity contribution in [1.29, 1.82) is 0 Å². The first kappa shape index (κ1) is 18.6. The van der Waals surface area contributed by atoms with Crippen molar-refractivity contribution in [3.05, 3.63) is 0 Å². The van der Waals surface area contributed by atoms with Gasteiger partial charge in [-0.3, -0.25) is 4.79 Å². The van der Waals surface area contributed by atoms with Crippen molar-refractivity contribution in [2.75, 3.05) is 19.3 Å². The van der Waals surface area contributed by atoms with Gasteiger partial charge >= 0.3 is 0 Å². The lowest BCUT2D eigenvalue weighted by Crippen LogP contribution is -2.56. The number of nitrogens with zero attached hydrogens (tertiary/aromatic N) is 1.